The van der Waals surface area contributed by atoms with Gasteiger partial charge in [-0.15, -0.1) is 0 Å². The first-order valence-electron chi connectivity index (χ1n) is 12.0. The van der Waals surface area contributed by atoms with Gasteiger partial charge >= 0.3 is 0 Å². The zero-order valence-electron chi connectivity index (χ0n) is 21.8. The number of pyridine rings is 2. The molecule has 3 aromatic heterocycles. The van der Waals surface area contributed by atoms with Crippen LogP contribution >= 0.6 is 0 Å². The van der Waals surface area contributed by atoms with Crippen LogP contribution in [0.15, 0.2) is 54.1 Å². The van der Waals surface area contributed by atoms with Crippen LogP contribution in [0.1, 0.15) is 47.8 Å². The Bertz CT molecular complexity index is 1460. The van der Waals surface area contributed by atoms with E-state index < -0.39 is 0 Å². The normalized spacial score (nSPS) is 11.3. The van der Waals surface area contributed by atoms with Crippen molar-refractivity contribution < 1.29 is 0 Å². The highest BCUT2D eigenvalue weighted by molar-refractivity contribution is 5.97. The number of fused-ring (bicyclic) bond motifs is 1. The highest BCUT2D eigenvalue weighted by atomic mass is 16.1. The summed E-state index contributed by atoms with van der Waals surface area (Å²) in [5.74, 6) is 0.918. The van der Waals surface area contributed by atoms with Crippen molar-refractivity contribution in [3.05, 3.63) is 87.6 Å². The van der Waals surface area contributed by atoms with Gasteiger partial charge in [0.05, 0.1) is 0 Å². The van der Waals surface area contributed by atoms with Crippen molar-refractivity contribution in [2.24, 2.45) is 0 Å². The second-order valence-corrected chi connectivity index (χ2v) is 9.81. The molecular weight excluding hydrogens is 434 g/mol. The molecule has 0 saturated carbocycles. The van der Waals surface area contributed by atoms with Crippen molar-refractivity contribution in [2.75, 3.05) is 19.0 Å². The van der Waals surface area contributed by atoms with Crippen molar-refractivity contribution >= 4 is 22.4 Å². The summed E-state index contributed by atoms with van der Waals surface area (Å²) in [4.78, 5) is 22.0. The maximum absolute atomic E-state index is 12.5. The Kier molecular flexibility index (Phi) is 6.57. The molecule has 35 heavy (non-hydrogen) atoms. The lowest BCUT2D eigenvalue weighted by atomic mass is 9.97. The van der Waals surface area contributed by atoms with Gasteiger partial charge < -0.3 is 19.8 Å². The Morgan fingerprint density at radius 2 is 1.86 bits per heavy atom. The molecule has 0 fully saturated rings. The summed E-state index contributed by atoms with van der Waals surface area (Å²) in [7, 11) is 3.97. The molecule has 0 bridgehead atoms. The van der Waals surface area contributed by atoms with Crippen molar-refractivity contribution in [1.82, 2.24) is 19.9 Å². The number of H-pyrrole nitrogens is 1. The predicted molar refractivity (Wildman–Crippen MR) is 147 cm³/mol. The number of aromatic nitrogens is 3. The zero-order valence-corrected chi connectivity index (χ0v) is 21.8. The molecule has 0 spiro atoms. The molecule has 0 amide bonds. The van der Waals surface area contributed by atoms with Crippen LogP contribution in [-0.4, -0.2) is 28.6 Å². The summed E-state index contributed by atoms with van der Waals surface area (Å²) in [6.07, 6.45) is 4.12. The highest BCUT2D eigenvalue weighted by Gasteiger charge is 2.17. The van der Waals surface area contributed by atoms with Crippen LogP contribution in [0.5, 0.6) is 0 Å². The van der Waals surface area contributed by atoms with Gasteiger partial charge in [-0.1, -0.05) is 6.58 Å². The average molecular weight is 470 g/mol. The first-order valence-corrected chi connectivity index (χ1v) is 12.0. The van der Waals surface area contributed by atoms with Gasteiger partial charge in [-0.2, -0.15) is 0 Å². The maximum Gasteiger partial charge on any atom is 0.253 e. The Balaban J connectivity index is 1.79. The van der Waals surface area contributed by atoms with Gasteiger partial charge in [0.1, 0.15) is 5.82 Å². The molecule has 3 heterocycles. The van der Waals surface area contributed by atoms with Gasteiger partial charge in [0.25, 0.3) is 5.56 Å². The minimum atomic E-state index is -0.0594. The molecule has 2 N–H and O–H groups in total. The minimum Gasteiger partial charge on any atom is -0.381 e. The summed E-state index contributed by atoms with van der Waals surface area (Å²) >= 11 is 0. The molecular formula is C29H35N5O. The molecule has 4 aromatic rings. The molecule has 0 aliphatic heterocycles. The molecule has 6 heteroatoms. The van der Waals surface area contributed by atoms with Crippen molar-refractivity contribution in [2.45, 2.75) is 47.2 Å². The summed E-state index contributed by atoms with van der Waals surface area (Å²) < 4.78 is 2.31. The molecule has 1 aromatic carbocycles. The van der Waals surface area contributed by atoms with Crippen LogP contribution in [0.3, 0.4) is 0 Å². The summed E-state index contributed by atoms with van der Waals surface area (Å²) in [5, 5.41) is 4.60. The lowest BCUT2D eigenvalue weighted by Gasteiger charge is -2.17. The SMILES string of the molecule is C=C(NCc1c(C)cc(C)[nH]c1=O)c1cc(-c2ccc(N(C)C)nc2)cc2c1c(C)cn2C(C)C. The van der Waals surface area contributed by atoms with Crippen LogP contribution in [0.4, 0.5) is 5.82 Å². The van der Waals surface area contributed by atoms with Crippen molar-refractivity contribution in [3.63, 3.8) is 0 Å². The third-order valence-electron chi connectivity index (χ3n) is 6.52. The number of anilines is 1. The topological polar surface area (TPSA) is 66.0 Å². The van der Waals surface area contributed by atoms with Gasteiger partial charge in [-0.3, -0.25) is 4.79 Å². The van der Waals surface area contributed by atoms with E-state index in [4.69, 9.17) is 0 Å². The lowest BCUT2D eigenvalue weighted by molar-refractivity contribution is 0.622. The summed E-state index contributed by atoms with van der Waals surface area (Å²) in [6, 6.07) is 10.9. The molecule has 0 atom stereocenters. The van der Waals surface area contributed by atoms with E-state index in [9.17, 15) is 4.79 Å². The monoisotopic (exact) mass is 469 g/mol. The van der Waals surface area contributed by atoms with E-state index >= 15 is 0 Å². The predicted octanol–water partition coefficient (Wildman–Crippen LogP) is 5.72. The van der Waals surface area contributed by atoms with Crippen LogP contribution in [0.25, 0.3) is 27.7 Å². The molecule has 6 nitrogen and oxygen atoms in total. The fourth-order valence-corrected chi connectivity index (χ4v) is 4.63. The zero-order chi connectivity index (χ0) is 25.4. The molecule has 0 saturated heterocycles. The number of aryl methyl sites for hydroxylation is 3. The number of aromatic amines is 1. The summed E-state index contributed by atoms with van der Waals surface area (Å²) in [6.45, 7) is 15.2. The van der Waals surface area contributed by atoms with E-state index in [0.717, 1.165) is 50.5 Å². The average Bonchev–Trinajstić information content (AvgIpc) is 3.14. The Hall–Kier alpha value is -3.80. The van der Waals surface area contributed by atoms with Crippen LogP contribution in [-0.2, 0) is 6.54 Å². The number of hydrogen-bond acceptors (Lipinski definition) is 4. The quantitative estimate of drug-likeness (QED) is 0.363. The van der Waals surface area contributed by atoms with Gasteiger partial charge in [-0.05, 0) is 81.6 Å². The van der Waals surface area contributed by atoms with Crippen molar-refractivity contribution in [1.29, 1.82) is 0 Å². The second-order valence-electron chi connectivity index (χ2n) is 9.81. The molecule has 4 rings (SSSR count). The van der Waals surface area contributed by atoms with Crippen LogP contribution in [0.2, 0.25) is 0 Å². The van der Waals surface area contributed by atoms with Crippen molar-refractivity contribution in [3.8, 4) is 11.1 Å². The van der Waals surface area contributed by atoms with E-state index in [1.807, 2.05) is 51.2 Å². The standard InChI is InChI=1S/C29H35N5O/c1-17(2)34-16-19(4)28-24(21(6)30-15-25-18(3)11-20(5)32-29(25)35)12-23(13-26(28)34)22-9-10-27(31-14-22)33(7)8/h9-14,16-17,30H,6,15H2,1-5,7-8H3,(H,32,35). The minimum absolute atomic E-state index is 0.0594. The van der Waals surface area contributed by atoms with E-state index in [0.29, 0.717) is 12.6 Å². The maximum atomic E-state index is 12.5. The Morgan fingerprint density at radius 3 is 2.46 bits per heavy atom. The number of nitrogens with one attached hydrogen (secondary N) is 2. The van der Waals surface area contributed by atoms with Crippen LogP contribution < -0.4 is 15.8 Å². The van der Waals surface area contributed by atoms with E-state index in [1.54, 1.807) is 0 Å². The lowest BCUT2D eigenvalue weighted by Crippen LogP contribution is -2.22. The Labute approximate surface area is 207 Å². The first-order chi connectivity index (χ1) is 16.6. The summed E-state index contributed by atoms with van der Waals surface area (Å²) in [5.41, 5.74) is 8.82. The Morgan fingerprint density at radius 1 is 1.11 bits per heavy atom. The van der Waals surface area contributed by atoms with Gasteiger partial charge in [0.2, 0.25) is 0 Å². The van der Waals surface area contributed by atoms with Gasteiger partial charge in [-0.25, -0.2) is 4.98 Å². The number of rotatable bonds is 7. The molecule has 0 aliphatic carbocycles. The largest absolute Gasteiger partial charge is 0.381 e. The van der Waals surface area contributed by atoms with Gasteiger partial charge in [0, 0.05) is 78.1 Å². The fourth-order valence-electron chi connectivity index (χ4n) is 4.63. The third-order valence-corrected chi connectivity index (χ3v) is 6.52. The third kappa shape index (κ3) is 4.74. The molecule has 0 aliphatic rings. The van der Waals surface area contributed by atoms with E-state index in [2.05, 4.69) is 71.6 Å². The number of nitrogens with zero attached hydrogens (tertiary/aromatic N) is 3. The molecule has 0 radical (unpaired) electrons. The molecule has 182 valence electrons. The fraction of sp³-hybridized carbons (Fsp3) is 0.310. The van der Waals surface area contributed by atoms with Gasteiger partial charge in [0.15, 0.2) is 0 Å². The second kappa shape index (κ2) is 9.45. The van der Waals surface area contributed by atoms with Crippen LogP contribution in [0, 0.1) is 20.8 Å². The first kappa shape index (κ1) is 24.3. The molecule has 0 unspecified atom stereocenters. The van der Waals surface area contributed by atoms with E-state index in [1.165, 1.54) is 10.9 Å². The highest BCUT2D eigenvalue weighted by Crippen LogP contribution is 2.35. The number of hydrogen-bond donors (Lipinski definition) is 2. The van der Waals surface area contributed by atoms with E-state index in [-0.39, 0.29) is 5.56 Å². The smallest absolute Gasteiger partial charge is 0.253 e. The number of benzene rings is 1.